The number of pyridine rings is 1. The van der Waals surface area contributed by atoms with E-state index in [0.29, 0.717) is 0 Å². The lowest BCUT2D eigenvalue weighted by molar-refractivity contribution is 0.221. The second-order valence-corrected chi connectivity index (χ2v) is 7.33. The molecule has 0 N–H and O–H groups in total. The lowest BCUT2D eigenvalue weighted by Gasteiger charge is -2.25. The van der Waals surface area contributed by atoms with Crippen LogP contribution < -0.4 is 0 Å². The molecule has 3 rings (SSSR count). The van der Waals surface area contributed by atoms with E-state index in [2.05, 4.69) is 64.0 Å². The van der Waals surface area contributed by atoms with Gasteiger partial charge in [-0.1, -0.05) is 38.1 Å². The van der Waals surface area contributed by atoms with Gasteiger partial charge in [0.05, 0.1) is 0 Å². The molecule has 26 heavy (non-hydrogen) atoms. The maximum atomic E-state index is 4.43. The number of fused-ring (bicyclic) bond motifs is 1. The van der Waals surface area contributed by atoms with E-state index in [1.807, 2.05) is 6.20 Å². The van der Waals surface area contributed by atoms with Crippen LogP contribution >= 0.6 is 0 Å². The molecule has 1 aromatic heterocycles. The van der Waals surface area contributed by atoms with E-state index in [1.54, 1.807) is 0 Å². The van der Waals surface area contributed by atoms with Crippen molar-refractivity contribution in [3.63, 3.8) is 0 Å². The highest BCUT2D eigenvalue weighted by Gasteiger charge is 2.14. The Morgan fingerprint density at radius 2 is 1.42 bits per heavy atom. The van der Waals surface area contributed by atoms with Crippen LogP contribution in [-0.2, 0) is 6.42 Å². The number of benzene rings is 1. The first kappa shape index (κ1) is 19.3. The van der Waals surface area contributed by atoms with E-state index in [-0.39, 0.29) is 0 Å². The van der Waals surface area contributed by atoms with Crippen molar-refractivity contribution in [2.24, 2.45) is 0 Å². The van der Waals surface area contributed by atoms with Crippen molar-refractivity contribution in [3.8, 4) is 0 Å². The van der Waals surface area contributed by atoms with Crippen LogP contribution in [0.1, 0.15) is 25.8 Å². The summed E-state index contributed by atoms with van der Waals surface area (Å²) in [4.78, 5) is 12.3. The second kappa shape index (κ2) is 10.0. The van der Waals surface area contributed by atoms with Gasteiger partial charge in [0.25, 0.3) is 0 Å². The molecular weight excluding hydrogens is 320 g/mol. The molecule has 4 heteroatoms. The minimum absolute atomic E-state index is 1.11. The van der Waals surface area contributed by atoms with Crippen LogP contribution in [0.2, 0.25) is 0 Å². The van der Waals surface area contributed by atoms with E-state index in [0.717, 1.165) is 19.5 Å². The van der Waals surface area contributed by atoms with Crippen LogP contribution in [0.15, 0.2) is 36.7 Å². The average molecular weight is 355 g/mol. The molecule has 0 saturated carbocycles. The normalized spacial score (nSPS) is 18.5. The Morgan fingerprint density at radius 3 is 2.08 bits per heavy atom. The number of aryl methyl sites for hydroxylation is 1. The first-order chi connectivity index (χ1) is 12.8. The molecule has 2 heterocycles. The number of aromatic nitrogens is 1. The molecule has 0 unspecified atom stereocenters. The summed E-state index contributed by atoms with van der Waals surface area (Å²) in [5.41, 5.74) is 1.39. The monoisotopic (exact) mass is 354 g/mol. The Hall–Kier alpha value is -1.49. The molecule has 4 nitrogen and oxygen atoms in total. The molecule has 142 valence electrons. The van der Waals surface area contributed by atoms with Crippen molar-refractivity contribution < 1.29 is 0 Å². The minimum Gasteiger partial charge on any atom is -0.301 e. The van der Waals surface area contributed by atoms with Gasteiger partial charge in [-0.3, -0.25) is 4.98 Å². The third-order valence-corrected chi connectivity index (χ3v) is 5.76. The largest absolute Gasteiger partial charge is 0.301 e. The molecule has 1 fully saturated rings. The van der Waals surface area contributed by atoms with E-state index < -0.39 is 0 Å². The summed E-state index contributed by atoms with van der Waals surface area (Å²) in [6.07, 6.45) is 6.34. The smallest absolute Gasteiger partial charge is 0.0346 e. The molecular formula is C22H34N4. The predicted octanol–water partition coefficient (Wildman–Crippen LogP) is 3.13. The molecule has 0 spiro atoms. The van der Waals surface area contributed by atoms with Gasteiger partial charge >= 0.3 is 0 Å². The molecule has 0 radical (unpaired) electrons. The Labute approximate surface area is 158 Å². The van der Waals surface area contributed by atoms with Gasteiger partial charge in [-0.15, -0.1) is 0 Å². The Kier molecular flexibility index (Phi) is 7.42. The molecule has 0 aliphatic carbocycles. The number of hydrogen-bond acceptors (Lipinski definition) is 4. The summed E-state index contributed by atoms with van der Waals surface area (Å²) in [6.45, 7) is 15.3. The van der Waals surface area contributed by atoms with Crippen molar-refractivity contribution in [3.05, 3.63) is 42.2 Å². The van der Waals surface area contributed by atoms with Crippen LogP contribution in [0.5, 0.6) is 0 Å². The number of likely N-dealkylation sites (N-methyl/N-ethyl adjacent to an activating group) is 2. The average Bonchev–Trinajstić information content (AvgIpc) is 2.78. The highest BCUT2D eigenvalue weighted by molar-refractivity contribution is 5.84. The van der Waals surface area contributed by atoms with Crippen molar-refractivity contribution in [2.75, 3.05) is 58.9 Å². The van der Waals surface area contributed by atoms with E-state index in [4.69, 9.17) is 0 Å². The summed E-state index contributed by atoms with van der Waals surface area (Å²) in [7, 11) is 0. The van der Waals surface area contributed by atoms with E-state index in [9.17, 15) is 0 Å². The molecule has 0 atom stereocenters. The second-order valence-electron chi connectivity index (χ2n) is 7.33. The minimum atomic E-state index is 1.11. The fourth-order valence-electron chi connectivity index (χ4n) is 3.91. The third kappa shape index (κ3) is 5.26. The zero-order valence-corrected chi connectivity index (χ0v) is 16.5. The Bertz CT molecular complexity index is 651. The number of nitrogens with zero attached hydrogens (tertiary/aromatic N) is 4. The summed E-state index contributed by atoms with van der Waals surface area (Å²) >= 11 is 0. The first-order valence-electron chi connectivity index (χ1n) is 10.3. The van der Waals surface area contributed by atoms with E-state index >= 15 is 0 Å². The molecule has 2 aromatic rings. The molecule has 1 saturated heterocycles. The van der Waals surface area contributed by atoms with Crippen molar-refractivity contribution in [1.29, 1.82) is 0 Å². The molecule has 1 aliphatic heterocycles. The van der Waals surface area contributed by atoms with Crippen LogP contribution in [0.3, 0.4) is 0 Å². The highest BCUT2D eigenvalue weighted by Crippen LogP contribution is 2.18. The maximum Gasteiger partial charge on any atom is 0.0346 e. The van der Waals surface area contributed by atoms with Gasteiger partial charge in [0, 0.05) is 57.0 Å². The van der Waals surface area contributed by atoms with Crippen molar-refractivity contribution in [2.45, 2.75) is 26.7 Å². The quantitative estimate of drug-likeness (QED) is 0.795. The standard InChI is InChI=1S/C22H34N4/c1-3-24-12-13-25(4-2)15-17-26(16-14-24)11-7-9-21-19-23-18-20-8-5-6-10-22(20)21/h5-6,8,10,18-19H,3-4,7,9,11-17H2,1-2H3. The summed E-state index contributed by atoms with van der Waals surface area (Å²) < 4.78 is 0. The highest BCUT2D eigenvalue weighted by atomic mass is 15.3. The van der Waals surface area contributed by atoms with Crippen molar-refractivity contribution in [1.82, 2.24) is 19.7 Å². The molecule has 1 aliphatic rings. The van der Waals surface area contributed by atoms with Gasteiger partial charge in [0.15, 0.2) is 0 Å². The summed E-state index contributed by atoms with van der Waals surface area (Å²) in [6, 6.07) is 8.61. The van der Waals surface area contributed by atoms with Crippen LogP contribution in [-0.4, -0.2) is 78.6 Å². The van der Waals surface area contributed by atoms with Crippen LogP contribution in [0.25, 0.3) is 10.8 Å². The topological polar surface area (TPSA) is 22.6 Å². The lowest BCUT2D eigenvalue weighted by atomic mass is 10.0. The zero-order valence-electron chi connectivity index (χ0n) is 16.5. The van der Waals surface area contributed by atoms with Crippen molar-refractivity contribution >= 4 is 10.8 Å². The summed E-state index contributed by atoms with van der Waals surface area (Å²) in [5, 5.41) is 2.62. The van der Waals surface area contributed by atoms with Gasteiger partial charge in [-0.05, 0) is 43.4 Å². The third-order valence-electron chi connectivity index (χ3n) is 5.76. The Balaban J connectivity index is 1.56. The van der Waals surface area contributed by atoms with Gasteiger partial charge in [-0.2, -0.15) is 0 Å². The van der Waals surface area contributed by atoms with Crippen LogP contribution in [0, 0.1) is 0 Å². The maximum absolute atomic E-state index is 4.43. The van der Waals surface area contributed by atoms with Crippen LogP contribution in [0.4, 0.5) is 0 Å². The van der Waals surface area contributed by atoms with Gasteiger partial charge in [-0.25, -0.2) is 0 Å². The molecule has 0 amide bonds. The number of rotatable bonds is 6. The van der Waals surface area contributed by atoms with E-state index in [1.165, 1.54) is 68.6 Å². The SMILES string of the molecule is CCN1CCN(CC)CCN(CCCc2cncc3ccccc23)CC1. The lowest BCUT2D eigenvalue weighted by Crippen LogP contribution is -2.36. The predicted molar refractivity (Wildman–Crippen MR) is 111 cm³/mol. The van der Waals surface area contributed by atoms with Gasteiger partial charge < -0.3 is 14.7 Å². The van der Waals surface area contributed by atoms with Gasteiger partial charge in [0.1, 0.15) is 0 Å². The Morgan fingerprint density at radius 1 is 0.808 bits per heavy atom. The fraction of sp³-hybridized carbons (Fsp3) is 0.591. The first-order valence-corrected chi connectivity index (χ1v) is 10.3. The fourth-order valence-corrected chi connectivity index (χ4v) is 3.91. The number of hydrogen-bond donors (Lipinski definition) is 0. The van der Waals surface area contributed by atoms with Gasteiger partial charge in [0.2, 0.25) is 0 Å². The zero-order chi connectivity index (χ0) is 18.2. The molecule has 1 aromatic carbocycles. The summed E-state index contributed by atoms with van der Waals surface area (Å²) in [5.74, 6) is 0. The molecule has 0 bridgehead atoms.